The van der Waals surface area contributed by atoms with Crippen LogP contribution >= 0.6 is 0 Å². The lowest BCUT2D eigenvalue weighted by Crippen LogP contribution is -2.63. The van der Waals surface area contributed by atoms with Gasteiger partial charge in [-0.2, -0.15) is 0 Å². The maximum absolute atomic E-state index is 14.8. The number of hydrogen-bond acceptors (Lipinski definition) is 20. The Morgan fingerprint density at radius 2 is 1.36 bits per heavy atom. The molecule has 4 aromatic rings. The van der Waals surface area contributed by atoms with Gasteiger partial charge >= 0.3 is 0 Å². The maximum atomic E-state index is 14.8. The number of nitrogens with zero attached hydrogens (tertiary/aromatic N) is 4. The van der Waals surface area contributed by atoms with E-state index in [-0.39, 0.29) is 110 Å². The highest BCUT2D eigenvalue weighted by atomic mass is 16.7. The fourth-order valence-electron chi connectivity index (χ4n) is 16.9. The van der Waals surface area contributed by atoms with Gasteiger partial charge in [0.05, 0.1) is 89.0 Å². The number of unbranched alkanes of at least 4 members (excludes halogenated alkanes) is 1. The highest BCUT2D eigenvalue weighted by Gasteiger charge is 2.76. The largest absolute Gasteiger partial charge is 0.486 e. The Morgan fingerprint density at radius 3 is 2.06 bits per heavy atom. The molecule has 0 spiro atoms. The topological polar surface area (TPSA) is 290 Å². The number of fused-ring (bicyclic) bond motifs is 12. The number of carbonyl (C=O) groups excluding carboxylic acids is 7. The molecule has 1 aromatic heterocycles. The molecule has 0 radical (unpaired) electrons. The Kier molecular flexibility index (Phi) is 31.3. The number of aliphatic hydroxyl groups excluding tert-OH is 1. The number of ketones is 4. The second-order valence-electron chi connectivity index (χ2n) is 30.5. The zero-order chi connectivity index (χ0) is 76.6. The van der Waals surface area contributed by atoms with Gasteiger partial charge in [-0.1, -0.05) is 133 Å². The summed E-state index contributed by atoms with van der Waals surface area (Å²) < 4.78 is 61.5. The molecule has 3 heterocycles. The third kappa shape index (κ3) is 20.9. The molecule has 1 saturated heterocycles. The number of ether oxygens (including phenoxy) is 10. The summed E-state index contributed by atoms with van der Waals surface area (Å²) in [6.45, 7) is 21.2. The van der Waals surface area contributed by atoms with Gasteiger partial charge in [0, 0.05) is 119 Å². The number of anilines is 1. The first-order valence-corrected chi connectivity index (χ1v) is 39.6. The highest BCUT2D eigenvalue weighted by molar-refractivity contribution is 6.02. The number of Topliss-reactive ketones (excluding diaryl/α,β-unsaturated/α-hetero) is 3. The van der Waals surface area contributed by atoms with Crippen molar-refractivity contribution in [3.05, 3.63) is 108 Å². The van der Waals surface area contributed by atoms with E-state index in [0.717, 1.165) is 84.3 Å². The lowest BCUT2D eigenvalue weighted by molar-refractivity contribution is -0.200. The van der Waals surface area contributed by atoms with E-state index in [2.05, 4.69) is 48.6 Å². The lowest BCUT2D eigenvalue weighted by atomic mass is 9.46. The number of benzene rings is 3. The minimum Gasteiger partial charge on any atom is -0.486 e. The van der Waals surface area contributed by atoms with Crippen molar-refractivity contribution in [3.8, 4) is 28.3 Å². The van der Waals surface area contributed by atoms with Gasteiger partial charge in [-0.15, -0.1) is 5.10 Å². The van der Waals surface area contributed by atoms with Crippen molar-refractivity contribution in [1.82, 2.24) is 25.6 Å². The minimum atomic E-state index is -1.31. The predicted octanol–water partition coefficient (Wildman–Crippen LogP) is 10.5. The van der Waals surface area contributed by atoms with Gasteiger partial charge in [0.15, 0.2) is 23.5 Å². The first-order chi connectivity index (χ1) is 52.3. The molecule has 10 rings (SSSR count). The zero-order valence-electron chi connectivity index (χ0n) is 64.6. The molecule has 3 saturated carbocycles. The van der Waals surface area contributed by atoms with Crippen molar-refractivity contribution in [2.45, 2.75) is 194 Å². The molecule has 24 nitrogen and oxygen atoms in total. The molecular weight excluding hydrogens is 1380 g/mol. The quantitative estimate of drug-likeness (QED) is 0.0346. The molecule has 3 N–H and O–H groups in total. The number of aromatic nitrogens is 3. The molecule has 2 aliphatic heterocycles. The second kappa shape index (κ2) is 40.6. The Balaban J connectivity index is 0.540. The fourth-order valence-corrected chi connectivity index (χ4v) is 16.9. The summed E-state index contributed by atoms with van der Waals surface area (Å²) in [4.78, 5) is 96.3. The van der Waals surface area contributed by atoms with E-state index in [1.165, 1.54) is 0 Å². The van der Waals surface area contributed by atoms with Gasteiger partial charge in [-0.3, -0.25) is 33.6 Å². The fraction of sp³-hybridized carbons (Fsp3) is 0.631. The normalized spacial score (nSPS) is 23.7. The predicted molar refractivity (Wildman–Crippen MR) is 405 cm³/mol. The maximum Gasteiger partial charge on any atom is 0.227 e. The SMILES string of the molecule is CCCCOCCOCCOCCn1nnc2c1-c1ccccc1N(C(=O)CCC(=O)NCCOCCCOCCCOCCCOCCC(=O)N[C@H](C(=O)C[C@@H](C)C(=O)Cc1ccc(OCC(=O)[C@@]34OC(CCC)O[C@@H]3C[C@H]3[C@@H]5CCC6=CC(=O)C=C[C@]6(C)[C@H]5[C@@H](O)C[C@@]34C)cc1)C(C)C)Cc1ccccc1-2. The molecule has 6 aliphatic rings. The van der Waals surface area contributed by atoms with Crippen LogP contribution in [0.25, 0.3) is 22.5 Å². The number of carbonyl (C=O) groups is 7. The van der Waals surface area contributed by atoms with E-state index in [9.17, 15) is 38.7 Å². The third-order valence-electron chi connectivity index (χ3n) is 22.5. The van der Waals surface area contributed by atoms with E-state index < -0.39 is 46.9 Å². The highest BCUT2D eigenvalue weighted by Crippen LogP contribution is 2.70. The first kappa shape index (κ1) is 83.2. The molecule has 4 fully saturated rings. The summed E-state index contributed by atoms with van der Waals surface area (Å²) in [5.41, 5.74) is 4.15. The summed E-state index contributed by atoms with van der Waals surface area (Å²) in [6.07, 6.45) is 11.9. The van der Waals surface area contributed by atoms with Crippen LogP contribution in [0.5, 0.6) is 5.75 Å². The van der Waals surface area contributed by atoms with Crippen molar-refractivity contribution in [1.29, 1.82) is 0 Å². The number of allylic oxidation sites excluding steroid dienone is 4. The van der Waals surface area contributed by atoms with E-state index in [1.807, 2.05) is 73.1 Å². The van der Waals surface area contributed by atoms with E-state index >= 15 is 0 Å². The van der Waals surface area contributed by atoms with Crippen LogP contribution in [-0.4, -0.2) is 197 Å². The molecule has 108 heavy (non-hydrogen) atoms. The smallest absolute Gasteiger partial charge is 0.227 e. The number of hydrogen-bond donors (Lipinski definition) is 3. The van der Waals surface area contributed by atoms with Crippen LogP contribution in [0, 0.1) is 40.4 Å². The second-order valence-corrected chi connectivity index (χ2v) is 30.5. The van der Waals surface area contributed by atoms with Crippen LogP contribution in [0.3, 0.4) is 0 Å². The lowest BCUT2D eigenvalue weighted by Gasteiger charge is -2.59. The molecule has 3 amide bonds. The van der Waals surface area contributed by atoms with Gasteiger partial charge in [-0.25, -0.2) is 4.68 Å². The molecule has 590 valence electrons. The van der Waals surface area contributed by atoms with Crippen LogP contribution in [0.1, 0.15) is 156 Å². The Hall–Kier alpha value is -7.23. The van der Waals surface area contributed by atoms with Crippen molar-refractivity contribution < 1.29 is 86.0 Å². The Bertz CT molecular complexity index is 3710. The van der Waals surface area contributed by atoms with Crippen LogP contribution in [-0.2, 0) is 95.7 Å². The van der Waals surface area contributed by atoms with Crippen LogP contribution in [0.15, 0.2) is 96.6 Å². The zero-order valence-corrected chi connectivity index (χ0v) is 64.6. The molecule has 1 unspecified atom stereocenters. The Morgan fingerprint density at radius 1 is 0.713 bits per heavy atom. The molecular formula is C84H116N6O18. The van der Waals surface area contributed by atoms with Crippen LogP contribution in [0.4, 0.5) is 5.69 Å². The molecule has 3 aromatic carbocycles. The van der Waals surface area contributed by atoms with Crippen molar-refractivity contribution in [2.24, 2.45) is 40.4 Å². The van der Waals surface area contributed by atoms with Crippen molar-refractivity contribution >= 4 is 46.5 Å². The summed E-state index contributed by atoms with van der Waals surface area (Å²) >= 11 is 0. The van der Waals surface area contributed by atoms with Gasteiger partial charge in [-0.05, 0) is 117 Å². The number of para-hydroxylation sites is 1. The van der Waals surface area contributed by atoms with Crippen molar-refractivity contribution in [2.75, 3.05) is 111 Å². The third-order valence-corrected chi connectivity index (χ3v) is 22.5. The monoisotopic (exact) mass is 1500 g/mol. The summed E-state index contributed by atoms with van der Waals surface area (Å²) in [6, 6.07) is 21.9. The van der Waals surface area contributed by atoms with Crippen LogP contribution in [0.2, 0.25) is 0 Å². The van der Waals surface area contributed by atoms with Gasteiger partial charge in [0.25, 0.3) is 0 Å². The summed E-state index contributed by atoms with van der Waals surface area (Å²) in [7, 11) is 0. The molecule has 0 bridgehead atoms. The number of nitrogens with one attached hydrogen (secondary N) is 2. The van der Waals surface area contributed by atoms with Crippen molar-refractivity contribution in [3.63, 3.8) is 0 Å². The molecule has 24 heteroatoms. The molecule has 4 aliphatic carbocycles. The first-order valence-electron chi connectivity index (χ1n) is 39.6. The van der Waals surface area contributed by atoms with E-state index in [0.29, 0.717) is 142 Å². The molecule has 11 atom stereocenters. The average Bonchev–Trinajstić information content (AvgIpc) is 1.49. The summed E-state index contributed by atoms with van der Waals surface area (Å²) in [5.74, 6) is -1.60. The van der Waals surface area contributed by atoms with Gasteiger partial charge in [0.2, 0.25) is 23.5 Å². The van der Waals surface area contributed by atoms with E-state index in [1.54, 1.807) is 48.2 Å². The average molecular weight is 1500 g/mol. The number of amides is 3. The standard InChI is InChI=1S/C84H116N6O18/c1-8-10-36-103-46-48-105-49-47-104-45-35-90-81-66-21-13-14-22-68(66)89(55-60-19-11-12-20-64(60)80(81)87-88-90)76(98)30-29-74(96)85-34-44-102-42-17-40-100-38-15-37-99-39-16-41-101-43-32-75(97)86-79(57(3)4)70(93)50-58(5)69(92)51-59-23-26-63(27-24-59)106-56-72(95)84-73(107-77(108-84)18-9-2)53-67-65-28-25-61-52-62(91)31-33-82(61,6)78(65)71(94)54-83(67,84)7/h11-14,19-24,26-27,31,33,52,57-58,65,67,71,73,77-79,94H,8-10,15-18,25,28-30,32,34-51,53-56H2,1-7H3,(H,85,96)(H,86,97)/t58-,65+,67+,71+,73-,77?,78-,79+,82+,83+,84-/m1/s1. The number of rotatable bonds is 47. The Labute approximate surface area is 636 Å². The summed E-state index contributed by atoms with van der Waals surface area (Å²) in [5, 5.41) is 27.1. The number of aliphatic hydroxyl groups is 1. The minimum absolute atomic E-state index is 0.0146. The van der Waals surface area contributed by atoms with Gasteiger partial charge in [0.1, 0.15) is 23.8 Å². The van der Waals surface area contributed by atoms with E-state index in [4.69, 9.17) is 47.4 Å². The van der Waals surface area contributed by atoms with Gasteiger partial charge < -0.3 is 68.0 Å². The van der Waals surface area contributed by atoms with Crippen LogP contribution < -0.4 is 20.3 Å².